The quantitative estimate of drug-likeness (QED) is 0.428. The van der Waals surface area contributed by atoms with Crippen molar-refractivity contribution in [1.29, 1.82) is 0 Å². The number of rotatable bonds is 7. The molecule has 0 radical (unpaired) electrons. The van der Waals surface area contributed by atoms with Gasteiger partial charge in [0.05, 0.1) is 16.6 Å². The molecule has 0 unspecified atom stereocenters. The lowest BCUT2D eigenvalue weighted by Gasteiger charge is -2.16. The van der Waals surface area contributed by atoms with E-state index in [0.29, 0.717) is 16.7 Å². The third-order valence-corrected chi connectivity index (χ3v) is 6.58. The van der Waals surface area contributed by atoms with Crippen LogP contribution in [0.15, 0.2) is 61.2 Å². The van der Waals surface area contributed by atoms with Gasteiger partial charge in [0.25, 0.3) is 0 Å². The monoisotopic (exact) mass is 452 g/mol. The molecule has 4 rings (SSSR count). The van der Waals surface area contributed by atoms with Gasteiger partial charge >= 0.3 is 16.2 Å². The maximum Gasteiger partial charge on any atom is 0.338 e. The number of hydrogen-bond acceptors (Lipinski definition) is 6. The van der Waals surface area contributed by atoms with Crippen molar-refractivity contribution < 1.29 is 23.1 Å². The van der Waals surface area contributed by atoms with Crippen LogP contribution in [0.3, 0.4) is 0 Å². The SMILES string of the molecule is C=CCOc1cccc2c1nc(-c1nc3ccccc3cc1C(=O)O)n2S(=O)(=O)N(C)C. The first-order chi connectivity index (χ1) is 15.3. The summed E-state index contributed by atoms with van der Waals surface area (Å²) in [5.74, 6) is -1.03. The van der Waals surface area contributed by atoms with E-state index in [1.54, 1.807) is 48.5 Å². The van der Waals surface area contributed by atoms with Crippen molar-refractivity contribution >= 4 is 38.1 Å². The van der Waals surface area contributed by atoms with E-state index in [2.05, 4.69) is 16.5 Å². The van der Waals surface area contributed by atoms with Gasteiger partial charge in [0.2, 0.25) is 0 Å². The minimum Gasteiger partial charge on any atom is -0.487 e. The number of benzene rings is 2. The Labute approximate surface area is 184 Å². The fraction of sp³-hybridized carbons (Fsp3) is 0.136. The zero-order valence-corrected chi connectivity index (χ0v) is 18.2. The molecule has 2 heterocycles. The predicted molar refractivity (Wildman–Crippen MR) is 121 cm³/mol. The number of nitrogens with zero attached hydrogens (tertiary/aromatic N) is 4. The van der Waals surface area contributed by atoms with E-state index in [4.69, 9.17) is 4.74 Å². The van der Waals surface area contributed by atoms with Crippen LogP contribution in [0.5, 0.6) is 5.75 Å². The third-order valence-electron chi connectivity index (χ3n) is 4.82. The molecule has 2 aromatic carbocycles. The number of para-hydroxylation sites is 2. The number of carbonyl (C=O) groups is 1. The molecule has 32 heavy (non-hydrogen) atoms. The molecule has 0 saturated heterocycles. The fourth-order valence-corrected chi connectivity index (χ4v) is 4.38. The summed E-state index contributed by atoms with van der Waals surface area (Å²) in [7, 11) is -1.33. The normalized spacial score (nSPS) is 11.8. The van der Waals surface area contributed by atoms with Gasteiger partial charge < -0.3 is 9.84 Å². The van der Waals surface area contributed by atoms with Gasteiger partial charge in [-0.2, -0.15) is 12.7 Å². The number of ether oxygens (including phenoxy) is 1. The molecule has 0 aliphatic heterocycles. The molecule has 164 valence electrons. The van der Waals surface area contributed by atoms with E-state index in [1.807, 2.05) is 0 Å². The zero-order chi connectivity index (χ0) is 23.0. The van der Waals surface area contributed by atoms with Crippen molar-refractivity contribution in [3.05, 3.63) is 66.7 Å². The van der Waals surface area contributed by atoms with Crippen LogP contribution in [0.25, 0.3) is 33.5 Å². The average Bonchev–Trinajstić information content (AvgIpc) is 3.17. The van der Waals surface area contributed by atoms with E-state index in [0.717, 1.165) is 8.28 Å². The smallest absolute Gasteiger partial charge is 0.338 e. The van der Waals surface area contributed by atoms with Gasteiger partial charge in [0, 0.05) is 19.5 Å². The summed E-state index contributed by atoms with van der Waals surface area (Å²) in [5.41, 5.74) is 0.786. The summed E-state index contributed by atoms with van der Waals surface area (Å²) >= 11 is 0. The van der Waals surface area contributed by atoms with Crippen LogP contribution >= 0.6 is 0 Å². The lowest BCUT2D eigenvalue weighted by molar-refractivity contribution is 0.0697. The number of hydrogen-bond donors (Lipinski definition) is 1. The summed E-state index contributed by atoms with van der Waals surface area (Å²) in [6.07, 6.45) is 1.56. The van der Waals surface area contributed by atoms with E-state index >= 15 is 0 Å². The van der Waals surface area contributed by atoms with Crippen LogP contribution in [0.2, 0.25) is 0 Å². The zero-order valence-electron chi connectivity index (χ0n) is 17.4. The van der Waals surface area contributed by atoms with Crippen LogP contribution in [-0.4, -0.2) is 58.4 Å². The molecule has 0 aliphatic carbocycles. The van der Waals surface area contributed by atoms with E-state index in [-0.39, 0.29) is 34.7 Å². The van der Waals surface area contributed by atoms with E-state index < -0.39 is 16.2 Å². The summed E-state index contributed by atoms with van der Waals surface area (Å²) < 4.78 is 34.2. The first kappa shape index (κ1) is 21.5. The molecular weight excluding hydrogens is 432 g/mol. The Morgan fingerprint density at radius 3 is 2.62 bits per heavy atom. The van der Waals surface area contributed by atoms with Crippen LogP contribution in [0.4, 0.5) is 0 Å². The first-order valence-electron chi connectivity index (χ1n) is 9.57. The van der Waals surface area contributed by atoms with Crippen molar-refractivity contribution in [3.63, 3.8) is 0 Å². The van der Waals surface area contributed by atoms with Gasteiger partial charge in [-0.1, -0.05) is 36.9 Å². The average molecular weight is 452 g/mol. The molecule has 1 N–H and O–H groups in total. The maximum absolute atomic E-state index is 13.3. The number of fused-ring (bicyclic) bond motifs is 2. The first-order valence-corrected chi connectivity index (χ1v) is 11.0. The summed E-state index contributed by atoms with van der Waals surface area (Å²) in [5, 5.41) is 10.5. The molecule has 0 atom stereocenters. The van der Waals surface area contributed by atoms with Gasteiger partial charge in [-0.05, 0) is 24.3 Å². The number of carboxylic acids is 1. The minimum absolute atomic E-state index is 0.0625. The lowest BCUT2D eigenvalue weighted by atomic mass is 10.1. The largest absolute Gasteiger partial charge is 0.487 e. The number of aromatic carboxylic acids is 1. The van der Waals surface area contributed by atoms with Crippen LogP contribution in [-0.2, 0) is 10.2 Å². The molecule has 2 aromatic heterocycles. The van der Waals surface area contributed by atoms with Crippen LogP contribution in [0, 0.1) is 0 Å². The number of pyridine rings is 1. The molecule has 4 aromatic rings. The molecule has 0 fully saturated rings. The maximum atomic E-state index is 13.3. The second-order valence-electron chi connectivity index (χ2n) is 7.10. The molecular formula is C22H20N4O5S. The second kappa shape index (κ2) is 8.06. The highest BCUT2D eigenvalue weighted by Crippen LogP contribution is 2.34. The van der Waals surface area contributed by atoms with E-state index in [1.165, 1.54) is 20.2 Å². The third kappa shape index (κ3) is 3.49. The molecule has 10 heteroatoms. The Morgan fingerprint density at radius 2 is 1.94 bits per heavy atom. The topological polar surface area (TPSA) is 115 Å². The Hall–Kier alpha value is -3.76. The van der Waals surface area contributed by atoms with Crippen molar-refractivity contribution in [2.45, 2.75) is 0 Å². The molecule has 0 bridgehead atoms. The molecule has 9 nitrogen and oxygen atoms in total. The van der Waals surface area contributed by atoms with Gasteiger partial charge in [0.1, 0.15) is 23.6 Å². The fourth-order valence-electron chi connectivity index (χ4n) is 3.31. The van der Waals surface area contributed by atoms with Gasteiger partial charge in [-0.15, -0.1) is 0 Å². The van der Waals surface area contributed by atoms with Crippen molar-refractivity contribution in [1.82, 2.24) is 18.2 Å². The van der Waals surface area contributed by atoms with Crippen molar-refractivity contribution in [2.75, 3.05) is 20.7 Å². The van der Waals surface area contributed by atoms with Gasteiger partial charge in [-0.25, -0.2) is 18.7 Å². The summed E-state index contributed by atoms with van der Waals surface area (Å²) in [4.78, 5) is 21.1. The summed E-state index contributed by atoms with van der Waals surface area (Å²) in [6.45, 7) is 3.81. The lowest BCUT2D eigenvalue weighted by Crippen LogP contribution is -2.29. The molecule has 0 spiro atoms. The highest BCUT2D eigenvalue weighted by Gasteiger charge is 2.30. The number of carboxylic acid groups (broad SMARTS) is 1. The van der Waals surface area contributed by atoms with Crippen molar-refractivity contribution in [3.8, 4) is 17.3 Å². The number of aromatic nitrogens is 3. The Morgan fingerprint density at radius 1 is 1.19 bits per heavy atom. The van der Waals surface area contributed by atoms with Crippen LogP contribution in [0.1, 0.15) is 10.4 Å². The standard InChI is InChI=1S/C22H20N4O5S/c1-4-12-31-18-11-7-10-17-20(18)24-21(26(17)32(29,30)25(2)3)19-15(22(27)28)13-14-8-5-6-9-16(14)23-19/h4-11,13H,1,12H2,2-3H3,(H,27,28). The summed E-state index contributed by atoms with van der Waals surface area (Å²) in [6, 6.07) is 13.3. The van der Waals surface area contributed by atoms with E-state index in [9.17, 15) is 18.3 Å². The Balaban J connectivity index is 2.14. The van der Waals surface area contributed by atoms with Crippen molar-refractivity contribution in [2.24, 2.45) is 0 Å². The van der Waals surface area contributed by atoms with Gasteiger partial charge in [-0.3, -0.25) is 0 Å². The molecule has 0 saturated carbocycles. The second-order valence-corrected chi connectivity index (χ2v) is 9.09. The molecule has 0 aliphatic rings. The minimum atomic E-state index is -4.09. The van der Waals surface area contributed by atoms with Gasteiger partial charge in [0.15, 0.2) is 5.82 Å². The Bertz CT molecular complexity index is 1470. The molecule has 0 amide bonds. The highest BCUT2D eigenvalue weighted by atomic mass is 32.2. The van der Waals surface area contributed by atoms with Crippen LogP contribution < -0.4 is 4.74 Å². The Kier molecular flexibility index (Phi) is 5.41. The number of imidazole rings is 1. The highest BCUT2D eigenvalue weighted by molar-refractivity contribution is 7.87. The predicted octanol–water partition coefficient (Wildman–Crippen LogP) is 3.17.